The van der Waals surface area contributed by atoms with Gasteiger partial charge in [-0.25, -0.2) is 9.59 Å². The van der Waals surface area contributed by atoms with Gasteiger partial charge in [0.1, 0.15) is 0 Å². The Labute approximate surface area is 111 Å². The molecule has 0 aliphatic carbocycles. The minimum absolute atomic E-state index is 0.162. The summed E-state index contributed by atoms with van der Waals surface area (Å²) in [6.07, 6.45) is 0. The molecule has 0 spiro atoms. The molecular weight excluding hydrogens is 248 g/mol. The number of azo groups is 1. The van der Waals surface area contributed by atoms with Crippen molar-refractivity contribution in [1.29, 1.82) is 0 Å². The monoisotopic (exact) mass is 264 g/mol. The van der Waals surface area contributed by atoms with Gasteiger partial charge in [0.2, 0.25) is 0 Å². The molecule has 0 heterocycles. The lowest BCUT2D eigenvalue weighted by molar-refractivity contribution is -0.156. The number of carbonyl (C=O) groups excluding carboxylic acids is 2. The average Bonchev–Trinajstić information content (AvgIpc) is 2.41. The maximum absolute atomic E-state index is 11.6. The predicted octanol–water partition coefficient (Wildman–Crippen LogP) is 2.27. The predicted molar refractivity (Wildman–Crippen MR) is 68.0 cm³/mol. The van der Waals surface area contributed by atoms with E-state index in [1.54, 1.807) is 38.1 Å². The third-order valence-electron chi connectivity index (χ3n) is 2.06. The van der Waals surface area contributed by atoms with Crippen LogP contribution in [0, 0.1) is 0 Å². The molecule has 0 saturated heterocycles. The van der Waals surface area contributed by atoms with E-state index < -0.39 is 18.0 Å². The van der Waals surface area contributed by atoms with E-state index in [0.29, 0.717) is 5.69 Å². The fraction of sp³-hybridized carbons (Fsp3) is 0.385. The Hall–Kier alpha value is -2.24. The third-order valence-corrected chi connectivity index (χ3v) is 2.06. The molecule has 0 aliphatic heterocycles. The van der Waals surface area contributed by atoms with Gasteiger partial charge in [-0.1, -0.05) is 18.2 Å². The van der Waals surface area contributed by atoms with Crippen molar-refractivity contribution in [3.05, 3.63) is 30.3 Å². The van der Waals surface area contributed by atoms with Crippen LogP contribution in [0.5, 0.6) is 0 Å². The molecule has 102 valence electrons. The van der Waals surface area contributed by atoms with E-state index in [2.05, 4.69) is 10.2 Å². The highest BCUT2D eigenvalue weighted by atomic mass is 16.6. The van der Waals surface area contributed by atoms with Gasteiger partial charge in [-0.15, -0.1) is 0 Å². The molecule has 6 nitrogen and oxygen atoms in total. The molecule has 19 heavy (non-hydrogen) atoms. The number of esters is 2. The Morgan fingerprint density at radius 3 is 2.05 bits per heavy atom. The summed E-state index contributed by atoms with van der Waals surface area (Å²) in [6, 6.07) is 7.41. The first-order valence-corrected chi connectivity index (χ1v) is 5.98. The summed E-state index contributed by atoms with van der Waals surface area (Å²) >= 11 is 0. The molecule has 6 heteroatoms. The van der Waals surface area contributed by atoms with Crippen LogP contribution < -0.4 is 0 Å². The number of hydrogen-bond donors (Lipinski definition) is 0. The first-order valence-electron chi connectivity index (χ1n) is 5.98. The second kappa shape index (κ2) is 7.97. The molecule has 1 aromatic rings. The van der Waals surface area contributed by atoms with E-state index >= 15 is 0 Å². The van der Waals surface area contributed by atoms with Crippen LogP contribution in [-0.2, 0) is 19.1 Å². The normalized spacial score (nSPS) is 10.7. The molecular formula is C13H16N2O4. The van der Waals surface area contributed by atoms with Crippen molar-refractivity contribution in [2.24, 2.45) is 10.2 Å². The first-order chi connectivity index (χ1) is 9.19. The largest absolute Gasteiger partial charge is 0.464 e. The topological polar surface area (TPSA) is 77.3 Å². The van der Waals surface area contributed by atoms with Crippen molar-refractivity contribution in [3.63, 3.8) is 0 Å². The molecule has 0 unspecified atom stereocenters. The van der Waals surface area contributed by atoms with Crippen LogP contribution in [0.3, 0.4) is 0 Å². The second-order valence-electron chi connectivity index (χ2n) is 3.46. The van der Waals surface area contributed by atoms with Crippen LogP contribution in [0.4, 0.5) is 5.69 Å². The van der Waals surface area contributed by atoms with Crippen LogP contribution in [0.1, 0.15) is 13.8 Å². The standard InChI is InChI=1S/C13H16N2O4/c1-3-18-12(16)11(13(17)19-4-2)15-14-10-8-6-5-7-9-10/h5-9,11H,3-4H2,1-2H3. The summed E-state index contributed by atoms with van der Waals surface area (Å²) in [4.78, 5) is 23.2. The van der Waals surface area contributed by atoms with E-state index in [1.807, 2.05) is 6.07 Å². The average molecular weight is 264 g/mol. The fourth-order valence-electron chi connectivity index (χ4n) is 1.25. The lowest BCUT2D eigenvalue weighted by Gasteiger charge is -2.09. The van der Waals surface area contributed by atoms with Crippen molar-refractivity contribution in [1.82, 2.24) is 0 Å². The smallest absolute Gasteiger partial charge is 0.344 e. The Morgan fingerprint density at radius 2 is 1.58 bits per heavy atom. The van der Waals surface area contributed by atoms with E-state index in [4.69, 9.17) is 9.47 Å². The Bertz CT molecular complexity index is 427. The maximum atomic E-state index is 11.6. The van der Waals surface area contributed by atoms with Crippen molar-refractivity contribution >= 4 is 17.6 Å². The molecule has 0 fully saturated rings. The molecule has 0 N–H and O–H groups in total. The molecule has 0 amide bonds. The third kappa shape index (κ3) is 4.87. The molecule has 1 rings (SSSR count). The van der Waals surface area contributed by atoms with Crippen LogP contribution in [-0.4, -0.2) is 31.2 Å². The second-order valence-corrected chi connectivity index (χ2v) is 3.46. The number of carbonyl (C=O) groups is 2. The fourth-order valence-corrected chi connectivity index (χ4v) is 1.25. The van der Waals surface area contributed by atoms with Gasteiger partial charge in [-0.2, -0.15) is 10.2 Å². The summed E-state index contributed by atoms with van der Waals surface area (Å²) in [5, 5.41) is 7.54. The summed E-state index contributed by atoms with van der Waals surface area (Å²) in [6.45, 7) is 3.62. The van der Waals surface area contributed by atoms with Crippen molar-refractivity contribution in [2.45, 2.75) is 19.9 Å². The van der Waals surface area contributed by atoms with Crippen LogP contribution in [0.25, 0.3) is 0 Å². The van der Waals surface area contributed by atoms with Gasteiger partial charge in [0.05, 0.1) is 18.9 Å². The molecule has 0 aliphatic rings. The van der Waals surface area contributed by atoms with E-state index in [1.165, 1.54) is 0 Å². The van der Waals surface area contributed by atoms with Crippen LogP contribution >= 0.6 is 0 Å². The zero-order valence-electron chi connectivity index (χ0n) is 10.9. The van der Waals surface area contributed by atoms with Gasteiger partial charge >= 0.3 is 11.9 Å². The summed E-state index contributed by atoms with van der Waals surface area (Å²) in [7, 11) is 0. The Balaban J connectivity index is 2.82. The lowest BCUT2D eigenvalue weighted by Crippen LogP contribution is -2.31. The van der Waals surface area contributed by atoms with Crippen molar-refractivity contribution in [2.75, 3.05) is 13.2 Å². The Morgan fingerprint density at radius 1 is 1.05 bits per heavy atom. The van der Waals surface area contributed by atoms with Gasteiger partial charge in [-0.05, 0) is 26.0 Å². The summed E-state index contributed by atoms with van der Waals surface area (Å²) in [5.41, 5.74) is 0.543. The number of rotatable bonds is 6. The molecule has 0 atom stereocenters. The molecule has 0 saturated carbocycles. The Kier molecular flexibility index (Phi) is 6.21. The SMILES string of the molecule is CCOC(=O)C(N=Nc1ccccc1)C(=O)OCC. The minimum atomic E-state index is -1.37. The van der Waals surface area contributed by atoms with Crippen LogP contribution in [0.15, 0.2) is 40.6 Å². The number of hydrogen-bond acceptors (Lipinski definition) is 6. The number of nitrogens with zero attached hydrogens (tertiary/aromatic N) is 2. The highest BCUT2D eigenvalue weighted by Gasteiger charge is 2.29. The lowest BCUT2D eigenvalue weighted by atomic mass is 10.3. The van der Waals surface area contributed by atoms with Crippen molar-refractivity contribution in [3.8, 4) is 0 Å². The highest BCUT2D eigenvalue weighted by molar-refractivity contribution is 5.99. The van der Waals surface area contributed by atoms with E-state index in [0.717, 1.165) is 0 Å². The molecule has 1 aromatic carbocycles. The maximum Gasteiger partial charge on any atom is 0.344 e. The van der Waals surface area contributed by atoms with Crippen molar-refractivity contribution < 1.29 is 19.1 Å². The van der Waals surface area contributed by atoms with Gasteiger partial charge in [-0.3, -0.25) is 0 Å². The van der Waals surface area contributed by atoms with Gasteiger partial charge in [0.25, 0.3) is 6.04 Å². The molecule has 0 radical (unpaired) electrons. The van der Waals surface area contributed by atoms with Crippen LogP contribution in [0.2, 0.25) is 0 Å². The summed E-state index contributed by atoms with van der Waals surface area (Å²) in [5.74, 6) is -1.53. The first kappa shape index (κ1) is 14.8. The van der Waals surface area contributed by atoms with E-state index in [-0.39, 0.29) is 13.2 Å². The zero-order chi connectivity index (χ0) is 14.1. The summed E-state index contributed by atoms with van der Waals surface area (Å²) < 4.78 is 9.53. The zero-order valence-corrected chi connectivity index (χ0v) is 10.9. The minimum Gasteiger partial charge on any atom is -0.464 e. The van der Waals surface area contributed by atoms with Gasteiger partial charge in [0.15, 0.2) is 0 Å². The van der Waals surface area contributed by atoms with Gasteiger partial charge in [0, 0.05) is 0 Å². The van der Waals surface area contributed by atoms with Gasteiger partial charge < -0.3 is 9.47 Å². The quantitative estimate of drug-likeness (QED) is 0.448. The molecule has 0 bridgehead atoms. The van der Waals surface area contributed by atoms with E-state index in [9.17, 15) is 9.59 Å². The number of benzene rings is 1. The number of ether oxygens (including phenoxy) is 2. The highest BCUT2D eigenvalue weighted by Crippen LogP contribution is 2.12. The molecule has 0 aromatic heterocycles.